The fourth-order valence-electron chi connectivity index (χ4n) is 1.89. The Hall–Kier alpha value is -1.64. The lowest BCUT2D eigenvalue weighted by atomic mass is 9.86. The van der Waals surface area contributed by atoms with E-state index in [2.05, 4.69) is 48.1 Å². The third-order valence-corrected chi connectivity index (χ3v) is 4.47. The molecule has 21 heavy (non-hydrogen) atoms. The molecule has 0 radical (unpaired) electrons. The highest BCUT2D eigenvalue weighted by molar-refractivity contribution is 9.10. The number of carbonyl (C=O) groups excluding carboxylic acids is 1. The molecular formula is C16H15BrN2OS. The van der Waals surface area contributed by atoms with Crippen LogP contribution in [0.2, 0.25) is 0 Å². The molecule has 0 saturated heterocycles. The topological polar surface area (TPSA) is 52.9 Å². The van der Waals surface area contributed by atoms with E-state index in [0.29, 0.717) is 16.1 Å². The van der Waals surface area contributed by atoms with Crippen molar-refractivity contribution in [3.63, 3.8) is 0 Å². The van der Waals surface area contributed by atoms with E-state index in [9.17, 15) is 10.1 Å². The summed E-state index contributed by atoms with van der Waals surface area (Å²) in [5.74, 6) is -0.207. The lowest BCUT2D eigenvalue weighted by molar-refractivity contribution is 0.102. The maximum atomic E-state index is 12.2. The maximum Gasteiger partial charge on any atom is 0.256 e. The number of benzene rings is 1. The van der Waals surface area contributed by atoms with Gasteiger partial charge in [0, 0.05) is 10.0 Å². The van der Waals surface area contributed by atoms with Gasteiger partial charge in [0.05, 0.1) is 5.56 Å². The minimum Gasteiger partial charge on any atom is -0.312 e. The second-order valence-corrected chi connectivity index (χ2v) is 7.47. The van der Waals surface area contributed by atoms with Crippen molar-refractivity contribution < 1.29 is 4.79 Å². The van der Waals surface area contributed by atoms with E-state index >= 15 is 0 Å². The standard InChI is InChI=1S/C16H15BrN2OS/c1-16(2,3)13-9-21-15(12(13)8-18)19-14(20)10-4-6-11(17)7-5-10/h4-7,9H,1-3H3,(H,19,20). The molecule has 1 heterocycles. The van der Waals surface area contributed by atoms with E-state index in [0.717, 1.165) is 10.0 Å². The average Bonchev–Trinajstić information content (AvgIpc) is 2.82. The fourth-order valence-corrected chi connectivity index (χ4v) is 3.29. The zero-order valence-corrected chi connectivity index (χ0v) is 14.4. The zero-order chi connectivity index (χ0) is 15.6. The van der Waals surface area contributed by atoms with Crippen LogP contribution in [0.15, 0.2) is 34.1 Å². The summed E-state index contributed by atoms with van der Waals surface area (Å²) in [7, 11) is 0. The van der Waals surface area contributed by atoms with Crippen LogP contribution in [0.5, 0.6) is 0 Å². The van der Waals surface area contributed by atoms with Gasteiger partial charge in [-0.25, -0.2) is 0 Å². The summed E-state index contributed by atoms with van der Waals surface area (Å²) < 4.78 is 0.919. The van der Waals surface area contributed by atoms with Crippen molar-refractivity contribution in [1.29, 1.82) is 5.26 Å². The van der Waals surface area contributed by atoms with E-state index in [1.54, 1.807) is 12.1 Å². The van der Waals surface area contributed by atoms with Gasteiger partial charge in [-0.3, -0.25) is 4.79 Å². The molecule has 1 N–H and O–H groups in total. The molecule has 0 aliphatic rings. The van der Waals surface area contributed by atoms with E-state index < -0.39 is 0 Å². The quantitative estimate of drug-likeness (QED) is 0.822. The summed E-state index contributed by atoms with van der Waals surface area (Å²) in [6.45, 7) is 6.16. The lowest BCUT2D eigenvalue weighted by Crippen LogP contribution is -2.14. The van der Waals surface area contributed by atoms with Crippen LogP contribution in [-0.4, -0.2) is 5.91 Å². The molecular weight excluding hydrogens is 348 g/mol. The van der Waals surface area contributed by atoms with Gasteiger partial charge in [0.2, 0.25) is 0 Å². The van der Waals surface area contributed by atoms with Gasteiger partial charge in [0.25, 0.3) is 5.91 Å². The number of rotatable bonds is 2. The van der Waals surface area contributed by atoms with Crippen LogP contribution < -0.4 is 5.32 Å². The summed E-state index contributed by atoms with van der Waals surface area (Å²) >= 11 is 4.73. The molecule has 0 saturated carbocycles. The molecule has 1 aromatic carbocycles. The highest BCUT2D eigenvalue weighted by Crippen LogP contribution is 2.35. The summed E-state index contributed by atoms with van der Waals surface area (Å²) in [4.78, 5) is 12.2. The molecule has 0 aliphatic heterocycles. The fraction of sp³-hybridized carbons (Fsp3) is 0.250. The highest BCUT2D eigenvalue weighted by atomic mass is 79.9. The SMILES string of the molecule is CC(C)(C)c1csc(NC(=O)c2ccc(Br)cc2)c1C#N. The number of hydrogen-bond acceptors (Lipinski definition) is 3. The number of nitrogens with zero attached hydrogens (tertiary/aromatic N) is 1. The number of amides is 1. The van der Waals surface area contributed by atoms with Crippen LogP contribution in [0, 0.1) is 11.3 Å². The number of halogens is 1. The number of nitrogens with one attached hydrogen (secondary N) is 1. The van der Waals surface area contributed by atoms with E-state index in [1.165, 1.54) is 11.3 Å². The number of carbonyl (C=O) groups is 1. The minimum absolute atomic E-state index is 0.123. The highest BCUT2D eigenvalue weighted by Gasteiger charge is 2.23. The van der Waals surface area contributed by atoms with E-state index in [1.807, 2.05) is 17.5 Å². The summed E-state index contributed by atoms with van der Waals surface area (Å²) in [6.07, 6.45) is 0. The van der Waals surface area contributed by atoms with Crippen molar-refractivity contribution in [2.75, 3.05) is 5.32 Å². The first-order valence-electron chi connectivity index (χ1n) is 6.42. The predicted molar refractivity (Wildman–Crippen MR) is 89.8 cm³/mol. The average molecular weight is 363 g/mol. The molecule has 0 fully saturated rings. The Kier molecular flexibility index (Phi) is 4.50. The van der Waals surface area contributed by atoms with Gasteiger partial charge in [0.15, 0.2) is 0 Å². The Morgan fingerprint density at radius 2 is 1.90 bits per heavy atom. The maximum absolute atomic E-state index is 12.2. The van der Waals surface area contributed by atoms with Crippen LogP contribution in [0.3, 0.4) is 0 Å². The largest absolute Gasteiger partial charge is 0.312 e. The first-order valence-corrected chi connectivity index (χ1v) is 8.09. The third-order valence-electron chi connectivity index (χ3n) is 3.04. The van der Waals surface area contributed by atoms with E-state index in [-0.39, 0.29) is 11.3 Å². The van der Waals surface area contributed by atoms with Crippen LogP contribution in [0.25, 0.3) is 0 Å². The molecule has 1 aromatic heterocycles. The molecule has 0 bridgehead atoms. The number of anilines is 1. The van der Waals surface area contributed by atoms with Gasteiger partial charge in [-0.15, -0.1) is 11.3 Å². The normalized spacial score (nSPS) is 11.0. The molecule has 3 nitrogen and oxygen atoms in total. The summed E-state index contributed by atoms with van der Waals surface area (Å²) in [5, 5.41) is 14.7. The Morgan fingerprint density at radius 3 is 2.43 bits per heavy atom. The molecule has 1 amide bonds. The molecule has 0 spiro atoms. The Morgan fingerprint density at radius 1 is 1.29 bits per heavy atom. The van der Waals surface area contributed by atoms with Crippen molar-refractivity contribution in [3.8, 4) is 6.07 Å². The van der Waals surface area contributed by atoms with Gasteiger partial charge < -0.3 is 5.32 Å². The minimum atomic E-state index is -0.207. The summed E-state index contributed by atoms with van der Waals surface area (Å²) in [6, 6.07) is 9.31. The number of thiophene rings is 1. The molecule has 108 valence electrons. The smallest absolute Gasteiger partial charge is 0.256 e. The van der Waals surface area contributed by atoms with Gasteiger partial charge in [-0.1, -0.05) is 36.7 Å². The molecule has 5 heteroatoms. The lowest BCUT2D eigenvalue weighted by Gasteiger charge is -2.17. The van der Waals surface area contributed by atoms with Gasteiger partial charge in [0.1, 0.15) is 11.1 Å². The second-order valence-electron chi connectivity index (χ2n) is 5.68. The van der Waals surface area contributed by atoms with Gasteiger partial charge >= 0.3 is 0 Å². The monoisotopic (exact) mass is 362 g/mol. The molecule has 0 atom stereocenters. The van der Waals surface area contributed by atoms with Crippen LogP contribution >= 0.6 is 27.3 Å². The van der Waals surface area contributed by atoms with Crippen molar-refractivity contribution in [1.82, 2.24) is 0 Å². The van der Waals surface area contributed by atoms with Crippen molar-refractivity contribution in [3.05, 3.63) is 50.8 Å². The first-order chi connectivity index (χ1) is 9.82. The molecule has 0 aliphatic carbocycles. The third kappa shape index (κ3) is 3.52. The van der Waals surface area contributed by atoms with Crippen LogP contribution in [-0.2, 0) is 5.41 Å². The molecule has 0 unspecified atom stereocenters. The van der Waals surface area contributed by atoms with E-state index in [4.69, 9.17) is 0 Å². The van der Waals surface area contributed by atoms with Crippen LogP contribution in [0.4, 0.5) is 5.00 Å². The predicted octanol–water partition coefficient (Wildman–Crippen LogP) is 4.93. The molecule has 2 aromatic rings. The first kappa shape index (κ1) is 15.7. The second kappa shape index (κ2) is 6.00. The molecule has 2 rings (SSSR count). The number of hydrogen-bond donors (Lipinski definition) is 1. The Balaban J connectivity index is 2.28. The van der Waals surface area contributed by atoms with Gasteiger partial charge in [-0.2, -0.15) is 5.26 Å². The van der Waals surface area contributed by atoms with Crippen molar-refractivity contribution >= 4 is 38.2 Å². The van der Waals surface area contributed by atoms with Crippen LogP contribution in [0.1, 0.15) is 42.3 Å². The van der Waals surface area contributed by atoms with Crippen molar-refractivity contribution in [2.24, 2.45) is 0 Å². The number of nitriles is 1. The van der Waals surface area contributed by atoms with Gasteiger partial charge in [-0.05, 0) is 40.6 Å². The Bertz CT molecular complexity index is 705. The van der Waals surface area contributed by atoms with Crippen molar-refractivity contribution in [2.45, 2.75) is 26.2 Å². The Labute approximate surface area is 136 Å². The zero-order valence-electron chi connectivity index (χ0n) is 12.0. The summed E-state index contributed by atoms with van der Waals surface area (Å²) in [5.41, 5.74) is 1.95.